The Kier molecular flexibility index (Phi) is 4.75. The van der Waals surface area contributed by atoms with E-state index in [1.165, 1.54) is 12.8 Å². The van der Waals surface area contributed by atoms with Crippen molar-refractivity contribution >= 4 is 5.95 Å². The monoisotopic (exact) mass is 293 g/mol. The number of aromatic amines is 1. The number of aromatic nitrogens is 3. The van der Waals surface area contributed by atoms with E-state index in [2.05, 4.69) is 27.0 Å². The fourth-order valence-corrected chi connectivity index (χ4v) is 3.33. The number of piperidine rings is 1. The summed E-state index contributed by atoms with van der Waals surface area (Å²) in [5, 5.41) is 7.45. The lowest BCUT2D eigenvalue weighted by Crippen LogP contribution is -2.40. The molecule has 2 atom stereocenters. The van der Waals surface area contributed by atoms with Crippen LogP contribution in [0.2, 0.25) is 0 Å². The van der Waals surface area contributed by atoms with E-state index in [4.69, 9.17) is 10.5 Å². The highest BCUT2D eigenvalue weighted by Crippen LogP contribution is 2.23. The highest BCUT2D eigenvalue weighted by molar-refractivity contribution is 5.29. The Hall–Kier alpha value is -1.14. The van der Waals surface area contributed by atoms with Gasteiger partial charge in [0.05, 0.1) is 6.10 Å². The van der Waals surface area contributed by atoms with Crippen LogP contribution in [-0.4, -0.2) is 47.0 Å². The van der Waals surface area contributed by atoms with Crippen molar-refractivity contribution < 1.29 is 4.74 Å². The van der Waals surface area contributed by atoms with Crippen LogP contribution in [0.5, 0.6) is 0 Å². The third-order valence-corrected chi connectivity index (χ3v) is 4.81. The van der Waals surface area contributed by atoms with Crippen LogP contribution >= 0.6 is 0 Å². The number of anilines is 1. The van der Waals surface area contributed by atoms with Gasteiger partial charge in [0.15, 0.2) is 0 Å². The van der Waals surface area contributed by atoms with Crippen LogP contribution in [0.15, 0.2) is 0 Å². The van der Waals surface area contributed by atoms with Gasteiger partial charge >= 0.3 is 0 Å². The minimum absolute atomic E-state index is 0.293. The molecule has 0 saturated carbocycles. The maximum Gasteiger partial charge on any atom is 0.244 e. The van der Waals surface area contributed by atoms with Gasteiger partial charge in [-0.1, -0.05) is 0 Å². The number of aryl methyl sites for hydroxylation is 1. The molecule has 2 aliphatic heterocycles. The van der Waals surface area contributed by atoms with Gasteiger partial charge in [-0.15, -0.1) is 5.10 Å². The Balaban J connectivity index is 1.48. The maximum atomic E-state index is 5.99. The number of rotatable bonds is 5. The third kappa shape index (κ3) is 3.74. The average Bonchev–Trinajstić information content (AvgIpc) is 3.17. The topological polar surface area (TPSA) is 80.1 Å². The Morgan fingerprint density at radius 2 is 2.19 bits per heavy atom. The van der Waals surface area contributed by atoms with E-state index in [0.29, 0.717) is 18.1 Å². The summed E-state index contributed by atoms with van der Waals surface area (Å²) < 4.78 is 5.65. The van der Waals surface area contributed by atoms with Crippen molar-refractivity contribution in [3.05, 3.63) is 5.82 Å². The molecule has 1 aromatic heterocycles. The van der Waals surface area contributed by atoms with Crippen LogP contribution in [-0.2, 0) is 11.2 Å². The summed E-state index contributed by atoms with van der Waals surface area (Å²) in [6.07, 6.45) is 7.04. The van der Waals surface area contributed by atoms with Crippen molar-refractivity contribution in [1.29, 1.82) is 0 Å². The Morgan fingerprint density at radius 3 is 2.86 bits per heavy atom. The van der Waals surface area contributed by atoms with Crippen molar-refractivity contribution in [2.75, 3.05) is 24.6 Å². The summed E-state index contributed by atoms with van der Waals surface area (Å²) in [6.45, 7) is 5.04. The summed E-state index contributed by atoms with van der Waals surface area (Å²) in [5.41, 5.74) is 5.99. The van der Waals surface area contributed by atoms with E-state index < -0.39 is 0 Å². The molecule has 6 nitrogen and oxygen atoms in total. The molecule has 0 bridgehead atoms. The number of hydrogen-bond donors (Lipinski definition) is 2. The highest BCUT2D eigenvalue weighted by atomic mass is 16.5. The molecule has 118 valence electrons. The van der Waals surface area contributed by atoms with Gasteiger partial charge in [-0.2, -0.15) is 4.98 Å². The van der Waals surface area contributed by atoms with Crippen LogP contribution in [0.3, 0.4) is 0 Å². The van der Waals surface area contributed by atoms with E-state index in [1.807, 2.05) is 0 Å². The quantitative estimate of drug-likeness (QED) is 0.859. The molecule has 21 heavy (non-hydrogen) atoms. The lowest BCUT2D eigenvalue weighted by Gasteiger charge is -2.32. The zero-order valence-corrected chi connectivity index (χ0v) is 12.9. The minimum Gasteiger partial charge on any atom is -0.378 e. The lowest BCUT2D eigenvalue weighted by molar-refractivity contribution is 0.104. The molecule has 0 radical (unpaired) electrons. The Morgan fingerprint density at radius 1 is 1.38 bits per heavy atom. The van der Waals surface area contributed by atoms with Crippen molar-refractivity contribution in [1.82, 2.24) is 15.2 Å². The second-order valence-electron chi connectivity index (χ2n) is 6.44. The SMILES string of the molecule is CC(N)C1CCN(c2n[nH]c(CCC3CCCO3)n2)CC1. The highest BCUT2D eigenvalue weighted by Gasteiger charge is 2.24. The molecule has 2 aliphatic rings. The molecule has 6 heteroatoms. The van der Waals surface area contributed by atoms with Crippen LogP contribution in [0.1, 0.15) is 44.9 Å². The van der Waals surface area contributed by atoms with Crippen LogP contribution in [0.4, 0.5) is 5.95 Å². The summed E-state index contributed by atoms with van der Waals surface area (Å²) in [7, 11) is 0. The van der Waals surface area contributed by atoms with E-state index in [1.54, 1.807) is 0 Å². The number of nitrogens with two attached hydrogens (primary N) is 1. The van der Waals surface area contributed by atoms with Crippen molar-refractivity contribution in [2.45, 2.75) is 57.6 Å². The summed E-state index contributed by atoms with van der Waals surface area (Å²) >= 11 is 0. The van der Waals surface area contributed by atoms with Crippen molar-refractivity contribution in [2.24, 2.45) is 11.7 Å². The lowest BCUT2D eigenvalue weighted by atomic mass is 9.91. The van der Waals surface area contributed by atoms with Gasteiger partial charge in [0, 0.05) is 32.2 Å². The van der Waals surface area contributed by atoms with Gasteiger partial charge in [-0.25, -0.2) is 0 Å². The van der Waals surface area contributed by atoms with E-state index >= 15 is 0 Å². The zero-order chi connectivity index (χ0) is 14.7. The Bertz CT molecular complexity index is 433. The fourth-order valence-electron chi connectivity index (χ4n) is 3.33. The Labute approximate surface area is 126 Å². The molecule has 1 aromatic rings. The fraction of sp³-hybridized carbons (Fsp3) is 0.867. The largest absolute Gasteiger partial charge is 0.378 e. The van der Waals surface area contributed by atoms with Crippen molar-refractivity contribution in [3.63, 3.8) is 0 Å². The van der Waals surface area contributed by atoms with Gasteiger partial charge in [-0.3, -0.25) is 5.10 Å². The molecule has 0 aliphatic carbocycles. The molecule has 0 amide bonds. The number of H-pyrrole nitrogens is 1. The van der Waals surface area contributed by atoms with Gasteiger partial charge in [0.1, 0.15) is 5.82 Å². The van der Waals surface area contributed by atoms with Crippen molar-refractivity contribution in [3.8, 4) is 0 Å². The van der Waals surface area contributed by atoms with Crippen LogP contribution in [0, 0.1) is 5.92 Å². The minimum atomic E-state index is 0.293. The molecular formula is C15H27N5O. The first-order valence-corrected chi connectivity index (χ1v) is 8.26. The number of ether oxygens (including phenoxy) is 1. The third-order valence-electron chi connectivity index (χ3n) is 4.81. The predicted octanol–water partition coefficient (Wildman–Crippen LogP) is 1.48. The van der Waals surface area contributed by atoms with Gasteiger partial charge in [0.25, 0.3) is 0 Å². The average molecular weight is 293 g/mol. The predicted molar refractivity (Wildman–Crippen MR) is 82.3 cm³/mol. The number of hydrogen-bond acceptors (Lipinski definition) is 5. The first-order valence-electron chi connectivity index (χ1n) is 8.26. The standard InChI is InChI=1S/C15H27N5O/c1-11(16)12-6-8-20(9-7-12)15-17-14(18-19-15)5-4-13-3-2-10-21-13/h11-13H,2-10,16H2,1H3,(H,17,18,19). The van der Waals surface area contributed by atoms with Crippen LogP contribution in [0.25, 0.3) is 0 Å². The normalized spacial score (nSPS) is 25.4. The van der Waals surface area contributed by atoms with E-state index in [-0.39, 0.29) is 0 Å². The van der Waals surface area contributed by atoms with Crippen LogP contribution < -0.4 is 10.6 Å². The number of nitrogens with one attached hydrogen (secondary N) is 1. The van der Waals surface area contributed by atoms with Gasteiger partial charge in [0.2, 0.25) is 5.95 Å². The zero-order valence-electron chi connectivity index (χ0n) is 12.9. The molecular weight excluding hydrogens is 266 g/mol. The second kappa shape index (κ2) is 6.75. The summed E-state index contributed by atoms with van der Waals surface area (Å²) in [6, 6.07) is 0.293. The molecule has 0 spiro atoms. The summed E-state index contributed by atoms with van der Waals surface area (Å²) in [5.74, 6) is 2.47. The molecule has 2 fully saturated rings. The first-order chi connectivity index (χ1) is 10.2. The molecule has 2 saturated heterocycles. The molecule has 2 unspecified atom stereocenters. The first kappa shape index (κ1) is 14.8. The number of nitrogens with zero attached hydrogens (tertiary/aromatic N) is 3. The molecule has 3 rings (SSSR count). The van der Waals surface area contributed by atoms with Gasteiger partial charge < -0.3 is 15.4 Å². The smallest absolute Gasteiger partial charge is 0.244 e. The summed E-state index contributed by atoms with van der Waals surface area (Å²) in [4.78, 5) is 6.91. The maximum absolute atomic E-state index is 5.99. The molecule has 3 N–H and O–H groups in total. The van der Waals surface area contributed by atoms with Gasteiger partial charge in [-0.05, 0) is 44.9 Å². The second-order valence-corrected chi connectivity index (χ2v) is 6.44. The van der Waals surface area contributed by atoms with E-state index in [0.717, 1.165) is 57.2 Å². The molecule has 0 aromatic carbocycles. The molecule has 3 heterocycles. The van der Waals surface area contributed by atoms with E-state index in [9.17, 15) is 0 Å².